The van der Waals surface area contributed by atoms with Gasteiger partial charge in [0.2, 0.25) is 0 Å². The van der Waals surface area contributed by atoms with E-state index < -0.39 is 0 Å². The molecular weight excluding hydrogens is 187 g/mol. The average Bonchev–Trinajstić information content (AvgIpc) is 2.17. The number of hydrogen-bond acceptors (Lipinski definition) is 2. The molecule has 3 heteroatoms. The van der Waals surface area contributed by atoms with Crippen molar-refractivity contribution < 1.29 is 9.31 Å². The number of rotatable bonds is 5. The Morgan fingerprint density at radius 1 is 1.27 bits per heavy atom. The molecule has 0 aromatic heterocycles. The van der Waals surface area contributed by atoms with Gasteiger partial charge in [-0.3, -0.25) is 0 Å². The van der Waals surface area contributed by atoms with Crippen molar-refractivity contribution in [3.63, 3.8) is 0 Å². The van der Waals surface area contributed by atoms with Crippen molar-refractivity contribution in [1.29, 1.82) is 0 Å². The minimum Gasteiger partial charge on any atom is -0.539 e. The fourth-order valence-corrected chi connectivity index (χ4v) is 2.07. The van der Waals surface area contributed by atoms with E-state index in [0.717, 1.165) is 37.8 Å². The summed E-state index contributed by atoms with van der Waals surface area (Å²) in [6.07, 6.45) is 7.46. The van der Waals surface area contributed by atoms with Crippen molar-refractivity contribution in [3.8, 4) is 0 Å². The van der Waals surface area contributed by atoms with E-state index in [2.05, 4.69) is 33.8 Å². The Balaban J connectivity index is 2.73. The Kier molecular flexibility index (Phi) is 4.71. The molecule has 0 spiro atoms. The molecule has 0 fully saturated rings. The highest BCUT2D eigenvalue weighted by molar-refractivity contribution is 6.45. The summed E-state index contributed by atoms with van der Waals surface area (Å²) in [6.45, 7) is 8.64. The van der Waals surface area contributed by atoms with Gasteiger partial charge in [-0.05, 0) is 32.2 Å². The summed E-state index contributed by atoms with van der Waals surface area (Å²) in [5.41, 5.74) is -0.113. The molecule has 1 unspecified atom stereocenters. The van der Waals surface area contributed by atoms with Crippen LogP contribution >= 0.6 is 0 Å². The second-order valence-electron chi connectivity index (χ2n) is 4.50. The van der Waals surface area contributed by atoms with Crippen molar-refractivity contribution in [1.82, 2.24) is 0 Å². The molecule has 1 aliphatic rings. The van der Waals surface area contributed by atoms with Crippen molar-refractivity contribution in [3.05, 3.63) is 11.8 Å². The van der Waals surface area contributed by atoms with Crippen LogP contribution in [0.1, 0.15) is 53.4 Å². The maximum absolute atomic E-state index is 5.94. The second-order valence-corrected chi connectivity index (χ2v) is 4.50. The Bertz CT molecular complexity index is 228. The van der Waals surface area contributed by atoms with Crippen molar-refractivity contribution >= 4 is 7.12 Å². The van der Waals surface area contributed by atoms with Crippen LogP contribution in [0, 0.1) is 0 Å². The zero-order chi connectivity index (χ0) is 11.3. The summed E-state index contributed by atoms with van der Waals surface area (Å²) in [5.74, 6) is 1.12. The SMILES string of the molecule is CCCC1=CC(C)(CCC)OB(CC)O1. The first-order valence-corrected chi connectivity index (χ1v) is 6.19. The summed E-state index contributed by atoms with van der Waals surface area (Å²) in [7, 11) is -0.0481. The Hall–Kier alpha value is -0.435. The van der Waals surface area contributed by atoms with E-state index in [1.54, 1.807) is 0 Å². The molecule has 1 aliphatic heterocycles. The molecule has 0 saturated heterocycles. The molecule has 15 heavy (non-hydrogen) atoms. The van der Waals surface area contributed by atoms with E-state index in [0.29, 0.717) is 0 Å². The third kappa shape index (κ3) is 3.56. The van der Waals surface area contributed by atoms with Crippen LogP contribution in [0.3, 0.4) is 0 Å². The zero-order valence-electron chi connectivity index (χ0n) is 10.5. The fourth-order valence-electron chi connectivity index (χ4n) is 2.07. The van der Waals surface area contributed by atoms with Gasteiger partial charge in [-0.15, -0.1) is 0 Å². The second kappa shape index (κ2) is 5.59. The predicted molar refractivity (Wildman–Crippen MR) is 64.7 cm³/mol. The first-order valence-electron chi connectivity index (χ1n) is 6.19. The molecule has 0 aliphatic carbocycles. The molecule has 1 heterocycles. The summed E-state index contributed by atoms with van der Waals surface area (Å²) in [6, 6.07) is 0. The van der Waals surface area contributed by atoms with Crippen LogP contribution < -0.4 is 0 Å². The quantitative estimate of drug-likeness (QED) is 0.643. The van der Waals surface area contributed by atoms with Gasteiger partial charge in [0, 0.05) is 6.42 Å². The van der Waals surface area contributed by atoms with Gasteiger partial charge in [-0.1, -0.05) is 27.2 Å². The van der Waals surface area contributed by atoms with Gasteiger partial charge in [0.1, 0.15) is 0 Å². The topological polar surface area (TPSA) is 18.5 Å². The lowest BCUT2D eigenvalue weighted by atomic mass is 9.80. The highest BCUT2D eigenvalue weighted by atomic mass is 16.6. The summed E-state index contributed by atoms with van der Waals surface area (Å²) >= 11 is 0. The van der Waals surface area contributed by atoms with Gasteiger partial charge in [-0.2, -0.15) is 0 Å². The number of allylic oxidation sites excluding steroid dienone is 1. The van der Waals surface area contributed by atoms with E-state index >= 15 is 0 Å². The van der Waals surface area contributed by atoms with Gasteiger partial charge >= 0.3 is 7.12 Å². The number of hydrogen-bond donors (Lipinski definition) is 0. The van der Waals surface area contributed by atoms with E-state index in [9.17, 15) is 0 Å². The van der Waals surface area contributed by atoms with Crippen LogP contribution in [0.2, 0.25) is 6.32 Å². The highest BCUT2D eigenvalue weighted by Crippen LogP contribution is 2.30. The van der Waals surface area contributed by atoms with Crippen LogP contribution in [0.4, 0.5) is 0 Å². The average molecular weight is 210 g/mol. The van der Waals surface area contributed by atoms with Crippen LogP contribution in [-0.4, -0.2) is 12.7 Å². The first-order chi connectivity index (χ1) is 7.13. The Labute approximate surface area is 94.2 Å². The lowest BCUT2D eigenvalue weighted by Gasteiger charge is -2.35. The zero-order valence-corrected chi connectivity index (χ0v) is 10.5. The van der Waals surface area contributed by atoms with Crippen LogP contribution in [0.5, 0.6) is 0 Å². The van der Waals surface area contributed by atoms with Gasteiger partial charge < -0.3 is 9.31 Å². The van der Waals surface area contributed by atoms with E-state index in [-0.39, 0.29) is 12.7 Å². The third-order valence-electron chi connectivity index (χ3n) is 2.73. The standard InChI is InChI=1S/C12H23BO2/c1-5-8-11-10-12(4,9-6-2)15-13(7-3)14-11/h10H,5-9H2,1-4H3. The van der Waals surface area contributed by atoms with E-state index in [1.807, 2.05) is 0 Å². The Morgan fingerprint density at radius 3 is 2.53 bits per heavy atom. The van der Waals surface area contributed by atoms with Gasteiger partial charge in [-0.25, -0.2) is 0 Å². The molecular formula is C12H23BO2. The summed E-state index contributed by atoms with van der Waals surface area (Å²) in [4.78, 5) is 0. The molecule has 0 bridgehead atoms. The molecule has 0 aromatic rings. The summed E-state index contributed by atoms with van der Waals surface area (Å²) < 4.78 is 11.7. The van der Waals surface area contributed by atoms with Gasteiger partial charge in [0.15, 0.2) is 0 Å². The lowest BCUT2D eigenvalue weighted by Crippen LogP contribution is -2.40. The molecule has 1 rings (SSSR count). The van der Waals surface area contributed by atoms with Crippen molar-refractivity contribution in [2.24, 2.45) is 0 Å². The smallest absolute Gasteiger partial charge is 0.525 e. The molecule has 2 nitrogen and oxygen atoms in total. The lowest BCUT2D eigenvalue weighted by molar-refractivity contribution is 0.0698. The molecule has 0 radical (unpaired) electrons. The highest BCUT2D eigenvalue weighted by Gasteiger charge is 2.35. The summed E-state index contributed by atoms with van der Waals surface area (Å²) in [5, 5.41) is 0. The van der Waals surface area contributed by atoms with Crippen LogP contribution in [0.25, 0.3) is 0 Å². The molecule has 86 valence electrons. The molecule has 0 aromatic carbocycles. The van der Waals surface area contributed by atoms with Crippen LogP contribution in [0.15, 0.2) is 11.8 Å². The van der Waals surface area contributed by atoms with E-state index in [4.69, 9.17) is 9.31 Å². The largest absolute Gasteiger partial charge is 0.539 e. The normalized spacial score (nSPS) is 26.1. The maximum atomic E-state index is 5.94. The van der Waals surface area contributed by atoms with Gasteiger partial charge in [0.25, 0.3) is 0 Å². The minimum absolute atomic E-state index is 0.0481. The first kappa shape index (κ1) is 12.6. The Morgan fingerprint density at radius 2 is 2.00 bits per heavy atom. The van der Waals surface area contributed by atoms with Crippen molar-refractivity contribution in [2.45, 2.75) is 65.3 Å². The fraction of sp³-hybridized carbons (Fsp3) is 0.833. The third-order valence-corrected chi connectivity index (χ3v) is 2.73. The maximum Gasteiger partial charge on any atom is 0.525 e. The van der Waals surface area contributed by atoms with E-state index in [1.165, 1.54) is 0 Å². The minimum atomic E-state index is -0.113. The van der Waals surface area contributed by atoms with Crippen LogP contribution in [-0.2, 0) is 9.31 Å². The van der Waals surface area contributed by atoms with Gasteiger partial charge in [0.05, 0.1) is 11.4 Å². The monoisotopic (exact) mass is 210 g/mol. The molecule has 0 saturated carbocycles. The van der Waals surface area contributed by atoms with Crippen molar-refractivity contribution in [2.75, 3.05) is 0 Å². The molecule has 0 N–H and O–H groups in total. The predicted octanol–water partition coefficient (Wildman–Crippen LogP) is 3.78. The molecule has 1 atom stereocenters. The molecule has 0 amide bonds.